The van der Waals surface area contributed by atoms with Gasteiger partial charge in [0.1, 0.15) is 6.04 Å². The first-order valence-corrected chi connectivity index (χ1v) is 5.59. The summed E-state index contributed by atoms with van der Waals surface area (Å²) in [7, 11) is 1.57. The van der Waals surface area contributed by atoms with Crippen LogP contribution >= 0.6 is 0 Å². The molecule has 0 spiro atoms. The molecule has 1 aromatic rings. The Morgan fingerprint density at radius 1 is 1.29 bits per heavy atom. The molecule has 0 radical (unpaired) electrons. The summed E-state index contributed by atoms with van der Waals surface area (Å²) < 4.78 is 0. The Labute approximate surface area is 102 Å². The molecule has 1 N–H and O–H groups in total. The van der Waals surface area contributed by atoms with Crippen molar-refractivity contribution in [2.45, 2.75) is 26.4 Å². The van der Waals surface area contributed by atoms with Gasteiger partial charge in [0.15, 0.2) is 0 Å². The van der Waals surface area contributed by atoms with Crippen molar-refractivity contribution < 1.29 is 9.59 Å². The average molecular weight is 234 g/mol. The summed E-state index contributed by atoms with van der Waals surface area (Å²) in [5, 5.41) is 2.55. The number of carbonyl (C=O) groups excluding carboxylic acids is 2. The third kappa shape index (κ3) is 3.59. The number of likely N-dealkylation sites (N-methyl/N-ethyl adjacent to an activating group) is 1. The zero-order valence-corrected chi connectivity index (χ0v) is 10.4. The van der Waals surface area contributed by atoms with Crippen molar-refractivity contribution in [1.82, 2.24) is 10.2 Å². The second kappa shape index (κ2) is 6.03. The van der Waals surface area contributed by atoms with E-state index in [1.54, 1.807) is 18.9 Å². The molecule has 4 heteroatoms. The molecule has 1 aromatic carbocycles. The molecule has 0 saturated carbocycles. The fourth-order valence-electron chi connectivity index (χ4n) is 1.65. The topological polar surface area (TPSA) is 49.4 Å². The highest BCUT2D eigenvalue weighted by Crippen LogP contribution is 2.08. The summed E-state index contributed by atoms with van der Waals surface area (Å²) in [5.41, 5.74) is 1.01. The number of nitrogens with one attached hydrogen (secondary N) is 1. The Balaban J connectivity index is 2.81. The van der Waals surface area contributed by atoms with Crippen LogP contribution in [0.3, 0.4) is 0 Å². The third-order valence-corrected chi connectivity index (χ3v) is 2.69. The molecule has 1 atom stereocenters. The number of carbonyl (C=O) groups is 2. The zero-order valence-electron chi connectivity index (χ0n) is 10.4. The zero-order chi connectivity index (χ0) is 12.8. The summed E-state index contributed by atoms with van der Waals surface area (Å²) in [5.74, 6) is -0.263. The van der Waals surface area contributed by atoms with Gasteiger partial charge in [0.25, 0.3) is 0 Å². The Kier molecular flexibility index (Phi) is 4.69. The number of nitrogens with zero attached hydrogens (tertiary/aromatic N) is 1. The number of hydrogen-bond acceptors (Lipinski definition) is 2. The van der Waals surface area contributed by atoms with Crippen LogP contribution < -0.4 is 5.32 Å². The minimum Gasteiger partial charge on any atom is -0.357 e. The van der Waals surface area contributed by atoms with Crippen LogP contribution in [0.2, 0.25) is 0 Å². The van der Waals surface area contributed by atoms with Gasteiger partial charge in [-0.3, -0.25) is 9.59 Å². The molecule has 0 heterocycles. The second-order valence-electron chi connectivity index (χ2n) is 3.92. The Morgan fingerprint density at radius 2 is 1.88 bits per heavy atom. The van der Waals surface area contributed by atoms with Gasteiger partial charge in [0.05, 0.1) is 0 Å². The van der Waals surface area contributed by atoms with E-state index in [1.807, 2.05) is 30.3 Å². The van der Waals surface area contributed by atoms with Gasteiger partial charge in [0, 0.05) is 20.5 Å². The predicted octanol–water partition coefficient (Wildman–Crippen LogP) is 1.17. The molecular weight excluding hydrogens is 216 g/mol. The van der Waals surface area contributed by atoms with E-state index in [-0.39, 0.29) is 11.8 Å². The summed E-state index contributed by atoms with van der Waals surface area (Å²) in [6.45, 7) is 3.65. The van der Waals surface area contributed by atoms with E-state index >= 15 is 0 Å². The molecule has 0 fully saturated rings. The van der Waals surface area contributed by atoms with E-state index in [1.165, 1.54) is 6.92 Å². The summed E-state index contributed by atoms with van der Waals surface area (Å²) in [6, 6.07) is 9.16. The van der Waals surface area contributed by atoms with Gasteiger partial charge in [-0.1, -0.05) is 30.3 Å². The van der Waals surface area contributed by atoms with Crippen LogP contribution in [-0.2, 0) is 16.1 Å². The van der Waals surface area contributed by atoms with Crippen LogP contribution in [0.25, 0.3) is 0 Å². The molecule has 4 nitrogen and oxygen atoms in total. The first-order valence-electron chi connectivity index (χ1n) is 5.59. The van der Waals surface area contributed by atoms with Crippen molar-refractivity contribution in [3.05, 3.63) is 35.9 Å². The minimum atomic E-state index is -0.460. The lowest BCUT2D eigenvalue weighted by Gasteiger charge is -2.26. The molecule has 0 aromatic heterocycles. The fraction of sp³-hybridized carbons (Fsp3) is 0.385. The molecule has 0 aliphatic heterocycles. The molecule has 0 saturated heterocycles. The lowest BCUT2D eigenvalue weighted by Crippen LogP contribution is -2.45. The van der Waals surface area contributed by atoms with Crippen molar-refractivity contribution in [2.75, 3.05) is 7.05 Å². The van der Waals surface area contributed by atoms with E-state index in [2.05, 4.69) is 5.32 Å². The second-order valence-corrected chi connectivity index (χ2v) is 3.92. The van der Waals surface area contributed by atoms with Gasteiger partial charge < -0.3 is 10.2 Å². The molecule has 0 aliphatic carbocycles. The van der Waals surface area contributed by atoms with E-state index in [4.69, 9.17) is 0 Å². The van der Waals surface area contributed by atoms with Gasteiger partial charge in [-0.15, -0.1) is 0 Å². The Hall–Kier alpha value is -1.84. The van der Waals surface area contributed by atoms with Gasteiger partial charge >= 0.3 is 0 Å². The van der Waals surface area contributed by atoms with E-state index in [0.717, 1.165) is 5.56 Å². The Bertz CT molecular complexity index is 390. The van der Waals surface area contributed by atoms with E-state index in [9.17, 15) is 9.59 Å². The highest BCUT2D eigenvalue weighted by Gasteiger charge is 2.22. The highest BCUT2D eigenvalue weighted by molar-refractivity contribution is 5.86. The summed E-state index contributed by atoms with van der Waals surface area (Å²) in [4.78, 5) is 24.6. The first kappa shape index (κ1) is 13.2. The molecule has 0 bridgehead atoms. The number of benzene rings is 1. The number of rotatable bonds is 4. The van der Waals surface area contributed by atoms with Crippen molar-refractivity contribution in [1.29, 1.82) is 0 Å². The van der Waals surface area contributed by atoms with Crippen LogP contribution in [0, 0.1) is 0 Å². The van der Waals surface area contributed by atoms with Crippen LogP contribution in [0.1, 0.15) is 19.4 Å². The van der Waals surface area contributed by atoms with Crippen LogP contribution in [0.5, 0.6) is 0 Å². The summed E-state index contributed by atoms with van der Waals surface area (Å²) >= 11 is 0. The van der Waals surface area contributed by atoms with Crippen LogP contribution in [0.15, 0.2) is 30.3 Å². The van der Waals surface area contributed by atoms with E-state index in [0.29, 0.717) is 6.54 Å². The summed E-state index contributed by atoms with van der Waals surface area (Å²) in [6.07, 6.45) is 0. The molecule has 92 valence electrons. The molecule has 17 heavy (non-hydrogen) atoms. The largest absolute Gasteiger partial charge is 0.357 e. The minimum absolute atomic E-state index is 0.107. The molecule has 2 amide bonds. The van der Waals surface area contributed by atoms with Crippen molar-refractivity contribution >= 4 is 11.8 Å². The predicted molar refractivity (Wildman–Crippen MR) is 66.2 cm³/mol. The van der Waals surface area contributed by atoms with Gasteiger partial charge in [0.2, 0.25) is 11.8 Å². The quantitative estimate of drug-likeness (QED) is 0.850. The third-order valence-electron chi connectivity index (χ3n) is 2.69. The lowest BCUT2D eigenvalue weighted by molar-refractivity contribution is -0.138. The molecule has 0 unspecified atom stereocenters. The van der Waals surface area contributed by atoms with Crippen LogP contribution in [0.4, 0.5) is 0 Å². The first-order chi connectivity index (χ1) is 8.06. The maximum atomic E-state index is 11.6. The molecule has 1 rings (SSSR count). The van der Waals surface area contributed by atoms with Gasteiger partial charge in [-0.2, -0.15) is 0 Å². The standard InChI is InChI=1S/C13H18N2O2/c1-10(13(17)14-3)15(11(2)16)9-12-7-5-4-6-8-12/h4-8,10H,9H2,1-3H3,(H,14,17)/t10-/m1/s1. The van der Waals surface area contributed by atoms with Gasteiger partial charge in [-0.25, -0.2) is 0 Å². The highest BCUT2D eigenvalue weighted by atomic mass is 16.2. The lowest BCUT2D eigenvalue weighted by atomic mass is 10.1. The van der Waals surface area contributed by atoms with Crippen molar-refractivity contribution in [3.63, 3.8) is 0 Å². The monoisotopic (exact) mass is 234 g/mol. The SMILES string of the molecule is CNC(=O)[C@@H](C)N(Cc1ccccc1)C(C)=O. The van der Waals surface area contributed by atoms with E-state index < -0.39 is 6.04 Å². The number of amides is 2. The maximum absolute atomic E-state index is 11.6. The van der Waals surface area contributed by atoms with Crippen LogP contribution in [-0.4, -0.2) is 29.8 Å². The fourth-order valence-corrected chi connectivity index (χ4v) is 1.65. The Morgan fingerprint density at radius 3 is 2.35 bits per heavy atom. The van der Waals surface area contributed by atoms with Crippen molar-refractivity contribution in [2.24, 2.45) is 0 Å². The molecular formula is C13H18N2O2. The maximum Gasteiger partial charge on any atom is 0.242 e. The van der Waals surface area contributed by atoms with Gasteiger partial charge in [-0.05, 0) is 12.5 Å². The van der Waals surface area contributed by atoms with Crippen molar-refractivity contribution in [3.8, 4) is 0 Å². The normalized spacial score (nSPS) is 11.7. The smallest absolute Gasteiger partial charge is 0.242 e. The average Bonchev–Trinajstić information content (AvgIpc) is 2.35. The molecule has 0 aliphatic rings. The number of hydrogen-bond donors (Lipinski definition) is 1.